The fourth-order valence-electron chi connectivity index (χ4n) is 3.51. The van der Waals surface area contributed by atoms with Crippen molar-refractivity contribution in [2.75, 3.05) is 31.1 Å². The minimum Gasteiger partial charge on any atom is -0.406 e. The number of hydrogen-bond acceptors (Lipinski definition) is 5. The molecule has 7 nitrogen and oxygen atoms in total. The number of piperazine rings is 1. The summed E-state index contributed by atoms with van der Waals surface area (Å²) in [6.45, 7) is 1.38. The van der Waals surface area contributed by atoms with Crippen molar-refractivity contribution in [3.05, 3.63) is 48.5 Å². The number of imidazole rings is 1. The third-order valence-electron chi connectivity index (χ3n) is 4.98. The van der Waals surface area contributed by atoms with E-state index in [9.17, 15) is 21.6 Å². The Morgan fingerprint density at radius 3 is 2.20 bits per heavy atom. The molecule has 2 heterocycles. The first kappa shape index (κ1) is 20.5. The summed E-state index contributed by atoms with van der Waals surface area (Å²) >= 11 is 0. The van der Waals surface area contributed by atoms with E-state index in [4.69, 9.17) is 0 Å². The van der Waals surface area contributed by atoms with E-state index in [0.717, 1.165) is 41.2 Å². The first-order valence-corrected chi connectivity index (χ1v) is 10.6. The Labute approximate surface area is 171 Å². The highest BCUT2D eigenvalue weighted by atomic mass is 32.2. The minimum absolute atomic E-state index is 0.0757. The van der Waals surface area contributed by atoms with Crippen LogP contribution in [0.1, 0.15) is 0 Å². The van der Waals surface area contributed by atoms with Gasteiger partial charge in [-0.05, 0) is 36.4 Å². The van der Waals surface area contributed by atoms with E-state index in [0.29, 0.717) is 13.1 Å². The Morgan fingerprint density at radius 2 is 1.60 bits per heavy atom. The molecular weight excluding hydrogens is 421 g/mol. The van der Waals surface area contributed by atoms with Crippen molar-refractivity contribution in [3.8, 4) is 5.75 Å². The normalized spacial score (nSPS) is 16.2. The number of ether oxygens (including phenoxy) is 1. The second-order valence-corrected chi connectivity index (χ2v) is 8.81. The molecule has 0 bridgehead atoms. The molecule has 0 amide bonds. The number of fused-ring (bicyclic) bond motifs is 1. The van der Waals surface area contributed by atoms with E-state index < -0.39 is 22.1 Å². The van der Waals surface area contributed by atoms with Crippen LogP contribution in [0.15, 0.2) is 53.4 Å². The van der Waals surface area contributed by atoms with Gasteiger partial charge in [0.05, 0.1) is 15.9 Å². The number of aryl methyl sites for hydroxylation is 1. The van der Waals surface area contributed by atoms with Gasteiger partial charge in [0.2, 0.25) is 16.0 Å². The van der Waals surface area contributed by atoms with Crippen molar-refractivity contribution in [2.45, 2.75) is 11.3 Å². The topological polar surface area (TPSA) is 67.7 Å². The van der Waals surface area contributed by atoms with Gasteiger partial charge in [0.15, 0.2) is 0 Å². The zero-order valence-electron chi connectivity index (χ0n) is 16.0. The molecule has 11 heteroatoms. The molecule has 2 aromatic carbocycles. The molecule has 1 aliphatic rings. The zero-order valence-corrected chi connectivity index (χ0v) is 16.8. The summed E-state index contributed by atoms with van der Waals surface area (Å²) in [7, 11) is -1.91. The summed E-state index contributed by atoms with van der Waals surface area (Å²) in [6.07, 6.45) is -4.83. The van der Waals surface area contributed by atoms with Crippen LogP contribution in [-0.2, 0) is 17.1 Å². The standard InChI is InChI=1S/C19H19F3N4O3S/c1-24-17-5-3-2-4-16(17)23-18(24)25-10-12-26(13-11-25)30(27,28)15-8-6-14(7-9-15)29-19(20,21)22/h2-9H,10-13H2,1H3. The predicted octanol–water partition coefficient (Wildman–Crippen LogP) is 2.98. The lowest BCUT2D eigenvalue weighted by Crippen LogP contribution is -2.49. The maximum atomic E-state index is 12.9. The molecule has 1 fully saturated rings. The first-order valence-electron chi connectivity index (χ1n) is 9.17. The smallest absolute Gasteiger partial charge is 0.406 e. The van der Waals surface area contributed by atoms with Gasteiger partial charge in [0.25, 0.3) is 0 Å². The van der Waals surface area contributed by atoms with E-state index in [1.807, 2.05) is 40.8 Å². The van der Waals surface area contributed by atoms with Gasteiger partial charge in [0.1, 0.15) is 5.75 Å². The predicted molar refractivity (Wildman–Crippen MR) is 105 cm³/mol. The third-order valence-corrected chi connectivity index (χ3v) is 6.89. The van der Waals surface area contributed by atoms with Crippen molar-refractivity contribution in [3.63, 3.8) is 0 Å². The van der Waals surface area contributed by atoms with Gasteiger partial charge in [-0.15, -0.1) is 13.2 Å². The first-order chi connectivity index (χ1) is 14.1. The lowest BCUT2D eigenvalue weighted by Gasteiger charge is -2.34. The van der Waals surface area contributed by atoms with Gasteiger partial charge in [-0.2, -0.15) is 4.31 Å². The Kier molecular flexibility index (Phi) is 5.10. The molecule has 0 aliphatic carbocycles. The quantitative estimate of drug-likeness (QED) is 0.624. The Morgan fingerprint density at radius 1 is 0.967 bits per heavy atom. The number of anilines is 1. The van der Waals surface area contributed by atoms with E-state index in [1.165, 1.54) is 4.31 Å². The molecule has 0 atom stereocenters. The second kappa shape index (κ2) is 7.47. The zero-order chi connectivity index (χ0) is 21.5. The molecule has 30 heavy (non-hydrogen) atoms. The number of sulfonamides is 1. The number of aromatic nitrogens is 2. The summed E-state index contributed by atoms with van der Waals surface area (Å²) in [6, 6.07) is 12.0. The average Bonchev–Trinajstić information content (AvgIpc) is 3.04. The molecular formula is C19H19F3N4O3S. The molecule has 0 spiro atoms. The van der Waals surface area contributed by atoms with Crippen LogP contribution < -0.4 is 9.64 Å². The van der Waals surface area contributed by atoms with Crippen LogP contribution in [0.2, 0.25) is 0 Å². The van der Waals surface area contributed by atoms with Crippen molar-refractivity contribution in [1.82, 2.24) is 13.9 Å². The lowest BCUT2D eigenvalue weighted by atomic mass is 10.3. The molecule has 1 aliphatic heterocycles. The van der Waals surface area contributed by atoms with Crippen molar-refractivity contribution < 1.29 is 26.3 Å². The largest absolute Gasteiger partial charge is 0.573 e. The highest BCUT2D eigenvalue weighted by Gasteiger charge is 2.32. The van der Waals surface area contributed by atoms with Gasteiger partial charge < -0.3 is 14.2 Å². The van der Waals surface area contributed by atoms with E-state index in [2.05, 4.69) is 9.72 Å². The summed E-state index contributed by atoms with van der Waals surface area (Å²) in [5.74, 6) is 0.301. The molecule has 0 N–H and O–H groups in total. The number of benzene rings is 2. The molecule has 0 saturated carbocycles. The van der Waals surface area contributed by atoms with Crippen molar-refractivity contribution in [2.24, 2.45) is 7.05 Å². The number of alkyl halides is 3. The Balaban J connectivity index is 1.47. The van der Waals surface area contributed by atoms with Crippen LogP contribution in [0.25, 0.3) is 11.0 Å². The number of halogens is 3. The number of para-hydroxylation sites is 2. The summed E-state index contributed by atoms with van der Waals surface area (Å²) < 4.78 is 69.6. The molecule has 1 saturated heterocycles. The molecule has 0 radical (unpaired) electrons. The van der Waals surface area contributed by atoms with Crippen LogP contribution in [0.4, 0.5) is 19.1 Å². The van der Waals surface area contributed by atoms with Crippen LogP contribution in [0.3, 0.4) is 0 Å². The maximum absolute atomic E-state index is 12.9. The van der Waals surface area contributed by atoms with Gasteiger partial charge in [-0.25, -0.2) is 13.4 Å². The molecule has 4 rings (SSSR count). The van der Waals surface area contributed by atoms with Gasteiger partial charge in [-0.3, -0.25) is 0 Å². The van der Waals surface area contributed by atoms with Crippen LogP contribution in [0, 0.1) is 0 Å². The van der Waals surface area contributed by atoms with Crippen LogP contribution in [-0.4, -0.2) is 54.8 Å². The average molecular weight is 440 g/mol. The van der Waals surface area contributed by atoms with E-state index in [-0.39, 0.29) is 18.0 Å². The maximum Gasteiger partial charge on any atom is 0.573 e. The van der Waals surface area contributed by atoms with Gasteiger partial charge >= 0.3 is 6.36 Å². The summed E-state index contributed by atoms with van der Waals surface area (Å²) in [5, 5.41) is 0. The number of nitrogens with zero attached hydrogens (tertiary/aromatic N) is 4. The number of rotatable bonds is 4. The van der Waals surface area contributed by atoms with Gasteiger partial charge in [-0.1, -0.05) is 12.1 Å². The SMILES string of the molecule is Cn1c(N2CCN(S(=O)(=O)c3ccc(OC(F)(F)F)cc3)CC2)nc2ccccc21. The van der Waals surface area contributed by atoms with Gasteiger partial charge in [0, 0.05) is 33.2 Å². The monoisotopic (exact) mass is 440 g/mol. The number of hydrogen-bond donors (Lipinski definition) is 0. The van der Waals surface area contributed by atoms with Crippen molar-refractivity contribution >= 4 is 27.0 Å². The fourth-order valence-corrected chi connectivity index (χ4v) is 4.93. The highest BCUT2D eigenvalue weighted by Crippen LogP contribution is 2.27. The minimum atomic E-state index is -4.83. The molecule has 1 aromatic heterocycles. The van der Waals surface area contributed by atoms with E-state index in [1.54, 1.807) is 0 Å². The van der Waals surface area contributed by atoms with E-state index >= 15 is 0 Å². The molecule has 0 unspecified atom stereocenters. The Bertz CT molecular complexity index is 1150. The van der Waals surface area contributed by atoms with Crippen molar-refractivity contribution in [1.29, 1.82) is 0 Å². The molecule has 3 aromatic rings. The summed E-state index contributed by atoms with van der Waals surface area (Å²) in [4.78, 5) is 6.58. The highest BCUT2D eigenvalue weighted by molar-refractivity contribution is 7.89. The Hall–Kier alpha value is -2.79. The molecule has 160 valence electrons. The fraction of sp³-hybridized carbons (Fsp3) is 0.316. The third kappa shape index (κ3) is 3.94. The summed E-state index contributed by atoms with van der Waals surface area (Å²) in [5.41, 5.74) is 1.86. The lowest BCUT2D eigenvalue weighted by molar-refractivity contribution is -0.274. The van der Waals surface area contributed by atoms with Crippen LogP contribution in [0.5, 0.6) is 5.75 Å². The van der Waals surface area contributed by atoms with Crippen LogP contribution >= 0.6 is 0 Å². The second-order valence-electron chi connectivity index (χ2n) is 6.87.